The number of imide groups is 1. The first-order valence-corrected chi connectivity index (χ1v) is 11.1. The van der Waals surface area contributed by atoms with Crippen molar-refractivity contribution in [2.24, 2.45) is 0 Å². The summed E-state index contributed by atoms with van der Waals surface area (Å²) in [4.78, 5) is 50.2. The zero-order valence-corrected chi connectivity index (χ0v) is 18.6. The molecule has 3 amide bonds. The van der Waals surface area contributed by atoms with Crippen LogP contribution < -0.4 is 10.1 Å². The Morgan fingerprint density at radius 1 is 1.18 bits per heavy atom. The molecular weight excluding hydrogens is 446 g/mol. The van der Waals surface area contributed by atoms with Gasteiger partial charge in [0.1, 0.15) is 11.8 Å². The van der Waals surface area contributed by atoms with Crippen LogP contribution in [0.4, 0.5) is 8.78 Å². The lowest BCUT2D eigenvalue weighted by Crippen LogP contribution is -2.52. The third-order valence-electron chi connectivity index (χ3n) is 6.10. The Bertz CT molecular complexity index is 1160. The van der Waals surface area contributed by atoms with Crippen LogP contribution in [0.15, 0.2) is 42.5 Å². The predicted octanol–water partition coefficient (Wildman–Crippen LogP) is 3.14. The number of hydrogen-bond acceptors (Lipinski definition) is 5. The van der Waals surface area contributed by atoms with Gasteiger partial charge in [-0.2, -0.15) is 8.78 Å². The van der Waals surface area contributed by atoms with Crippen LogP contribution in [0.25, 0.3) is 0 Å². The number of rotatable bonds is 8. The van der Waals surface area contributed by atoms with Gasteiger partial charge in [-0.1, -0.05) is 24.3 Å². The molecule has 0 saturated carbocycles. The zero-order valence-electron chi connectivity index (χ0n) is 18.6. The number of carbonyl (C=O) groups is 4. The van der Waals surface area contributed by atoms with Gasteiger partial charge in [0.2, 0.25) is 17.6 Å². The number of amides is 3. The Balaban J connectivity index is 1.44. The van der Waals surface area contributed by atoms with Crippen molar-refractivity contribution in [3.05, 3.63) is 64.7 Å². The van der Waals surface area contributed by atoms with Gasteiger partial charge in [0, 0.05) is 24.9 Å². The van der Waals surface area contributed by atoms with Crippen LogP contribution in [0.2, 0.25) is 0 Å². The van der Waals surface area contributed by atoms with Crippen LogP contribution in [-0.2, 0) is 33.3 Å². The van der Waals surface area contributed by atoms with E-state index in [0.29, 0.717) is 16.7 Å². The van der Waals surface area contributed by atoms with Crippen LogP contribution >= 0.6 is 0 Å². The maximum Gasteiger partial charge on any atom is 0.334 e. The standard InChI is InChI=1S/C25H24F2N2O5/c1-2-34-20-6-4-3-5-18(20)25(26,27)21(30)11-8-15-7-9-17-16(13-15)14-29(24(17)33)19-10-12-22(31)28-23(19)32/h3-7,9,13,19H,2,8,10-12,14H2,1H3,(H,28,31,32). The third-order valence-corrected chi connectivity index (χ3v) is 6.10. The highest BCUT2D eigenvalue weighted by Crippen LogP contribution is 2.37. The molecule has 0 aromatic heterocycles. The summed E-state index contributed by atoms with van der Waals surface area (Å²) < 4.78 is 35.0. The Kier molecular flexibility index (Phi) is 6.45. The first-order chi connectivity index (χ1) is 16.2. The van der Waals surface area contributed by atoms with Gasteiger partial charge >= 0.3 is 5.92 Å². The quantitative estimate of drug-likeness (QED) is 0.599. The van der Waals surface area contributed by atoms with Crippen molar-refractivity contribution >= 4 is 23.5 Å². The molecule has 2 aromatic carbocycles. The minimum atomic E-state index is -3.69. The van der Waals surface area contributed by atoms with Crippen LogP contribution in [-0.4, -0.2) is 41.1 Å². The molecule has 2 aliphatic rings. The van der Waals surface area contributed by atoms with Gasteiger partial charge < -0.3 is 9.64 Å². The number of nitrogens with one attached hydrogen (secondary N) is 1. The molecule has 2 aliphatic heterocycles. The summed E-state index contributed by atoms with van der Waals surface area (Å²) >= 11 is 0. The molecular formula is C25H24F2N2O5. The van der Waals surface area contributed by atoms with Gasteiger partial charge in [-0.3, -0.25) is 24.5 Å². The maximum atomic E-state index is 14.9. The molecule has 7 nitrogen and oxygen atoms in total. The number of hydrogen-bond donors (Lipinski definition) is 1. The second-order valence-electron chi connectivity index (χ2n) is 8.32. The number of alkyl halides is 2. The summed E-state index contributed by atoms with van der Waals surface area (Å²) in [7, 11) is 0. The Morgan fingerprint density at radius 3 is 2.68 bits per heavy atom. The number of benzene rings is 2. The highest BCUT2D eigenvalue weighted by molar-refractivity contribution is 6.05. The number of ketones is 1. The summed E-state index contributed by atoms with van der Waals surface area (Å²) in [6, 6.07) is 9.80. The largest absolute Gasteiger partial charge is 0.493 e. The molecule has 0 bridgehead atoms. The number of piperidine rings is 1. The number of Topliss-reactive ketones (excluding diaryl/α,β-unsaturated/α-hetero) is 1. The number of fused-ring (bicyclic) bond motifs is 1. The molecule has 1 fully saturated rings. The summed E-state index contributed by atoms with van der Waals surface area (Å²) in [5.41, 5.74) is 1.27. The molecule has 9 heteroatoms. The molecule has 0 radical (unpaired) electrons. The zero-order chi connectivity index (χ0) is 24.5. The molecule has 1 saturated heterocycles. The first kappa shape index (κ1) is 23.5. The summed E-state index contributed by atoms with van der Waals surface area (Å²) in [6.07, 6.45) is 0.0940. The van der Waals surface area contributed by atoms with Gasteiger partial charge in [0.15, 0.2) is 0 Å². The van der Waals surface area contributed by atoms with E-state index in [1.54, 1.807) is 31.2 Å². The number of nitrogens with zero attached hydrogens (tertiary/aromatic N) is 1. The van der Waals surface area contributed by atoms with Crippen molar-refractivity contribution in [2.45, 2.75) is 51.1 Å². The van der Waals surface area contributed by atoms with E-state index in [2.05, 4.69) is 5.32 Å². The van der Waals surface area contributed by atoms with E-state index < -0.39 is 35.6 Å². The molecule has 1 N–H and O–H groups in total. The van der Waals surface area contributed by atoms with Crippen molar-refractivity contribution in [3.8, 4) is 5.75 Å². The fraction of sp³-hybridized carbons (Fsp3) is 0.360. The van der Waals surface area contributed by atoms with Gasteiger partial charge in [0.05, 0.1) is 12.2 Å². The number of carbonyl (C=O) groups excluding carboxylic acids is 4. The van der Waals surface area contributed by atoms with E-state index in [4.69, 9.17) is 4.74 Å². The molecule has 1 unspecified atom stereocenters. The predicted molar refractivity (Wildman–Crippen MR) is 117 cm³/mol. The number of para-hydroxylation sites is 1. The highest BCUT2D eigenvalue weighted by atomic mass is 19.3. The molecule has 34 heavy (non-hydrogen) atoms. The van der Waals surface area contributed by atoms with Crippen molar-refractivity contribution in [1.82, 2.24) is 10.2 Å². The SMILES string of the molecule is CCOc1ccccc1C(F)(F)C(=O)CCc1ccc2c(c1)CN(C1CCC(=O)NC1=O)C2=O. The topological polar surface area (TPSA) is 92.8 Å². The third kappa shape index (κ3) is 4.42. The Morgan fingerprint density at radius 2 is 1.94 bits per heavy atom. The van der Waals surface area contributed by atoms with Gasteiger partial charge in [-0.15, -0.1) is 0 Å². The number of halogens is 2. The van der Waals surface area contributed by atoms with E-state index in [0.717, 1.165) is 0 Å². The number of ether oxygens (including phenoxy) is 1. The minimum absolute atomic E-state index is 0.0204. The van der Waals surface area contributed by atoms with E-state index in [1.165, 1.54) is 23.1 Å². The second kappa shape index (κ2) is 9.32. The average Bonchev–Trinajstić information content (AvgIpc) is 3.13. The van der Waals surface area contributed by atoms with Crippen LogP contribution in [0.1, 0.15) is 53.2 Å². The van der Waals surface area contributed by atoms with Crippen molar-refractivity contribution < 1.29 is 32.7 Å². The summed E-state index contributed by atoms with van der Waals surface area (Å²) in [5, 5.41) is 2.25. The van der Waals surface area contributed by atoms with Crippen LogP contribution in [0, 0.1) is 0 Å². The van der Waals surface area contributed by atoms with Gasteiger partial charge in [-0.25, -0.2) is 0 Å². The van der Waals surface area contributed by atoms with Crippen molar-refractivity contribution in [3.63, 3.8) is 0 Å². The van der Waals surface area contributed by atoms with E-state index >= 15 is 0 Å². The van der Waals surface area contributed by atoms with Gasteiger partial charge in [0.25, 0.3) is 5.91 Å². The minimum Gasteiger partial charge on any atom is -0.493 e. The summed E-state index contributed by atoms with van der Waals surface area (Å²) in [6.45, 7) is 2.06. The van der Waals surface area contributed by atoms with E-state index in [1.807, 2.05) is 0 Å². The smallest absolute Gasteiger partial charge is 0.334 e. The van der Waals surface area contributed by atoms with Crippen molar-refractivity contribution in [1.29, 1.82) is 0 Å². The second-order valence-corrected chi connectivity index (χ2v) is 8.32. The molecule has 2 heterocycles. The molecule has 4 rings (SSSR count). The molecule has 178 valence electrons. The lowest BCUT2D eigenvalue weighted by molar-refractivity contribution is -0.144. The Labute approximate surface area is 195 Å². The molecule has 0 aliphatic carbocycles. The average molecular weight is 470 g/mol. The normalized spacial score (nSPS) is 18.0. The van der Waals surface area contributed by atoms with E-state index in [-0.39, 0.29) is 50.0 Å². The number of aryl methyl sites for hydroxylation is 1. The van der Waals surface area contributed by atoms with E-state index in [9.17, 15) is 28.0 Å². The molecule has 0 spiro atoms. The fourth-order valence-corrected chi connectivity index (χ4v) is 4.36. The van der Waals surface area contributed by atoms with Gasteiger partial charge in [-0.05, 0) is 49.1 Å². The van der Waals surface area contributed by atoms with Crippen LogP contribution in [0.3, 0.4) is 0 Å². The monoisotopic (exact) mass is 470 g/mol. The fourth-order valence-electron chi connectivity index (χ4n) is 4.36. The van der Waals surface area contributed by atoms with Crippen molar-refractivity contribution in [2.75, 3.05) is 6.61 Å². The Hall–Kier alpha value is -3.62. The maximum absolute atomic E-state index is 14.9. The molecule has 2 aromatic rings. The lowest BCUT2D eigenvalue weighted by atomic mass is 9.97. The highest BCUT2D eigenvalue weighted by Gasteiger charge is 2.42. The first-order valence-electron chi connectivity index (χ1n) is 11.1. The summed E-state index contributed by atoms with van der Waals surface area (Å²) in [5.74, 6) is -6.11. The van der Waals surface area contributed by atoms with Crippen LogP contribution in [0.5, 0.6) is 5.75 Å². The molecule has 1 atom stereocenters. The lowest BCUT2D eigenvalue weighted by Gasteiger charge is -2.29.